The Morgan fingerprint density at radius 2 is 1.90 bits per heavy atom. The van der Waals surface area contributed by atoms with E-state index in [1.807, 2.05) is 0 Å². The summed E-state index contributed by atoms with van der Waals surface area (Å²) in [4.78, 5) is 2.52. The number of hydrogen-bond donors (Lipinski definition) is 1. The van der Waals surface area contributed by atoms with Gasteiger partial charge in [0.05, 0.1) is 5.69 Å². The lowest BCUT2D eigenvalue weighted by Gasteiger charge is -2.13. The van der Waals surface area contributed by atoms with Gasteiger partial charge in [0.1, 0.15) is 5.75 Å². The van der Waals surface area contributed by atoms with Gasteiger partial charge in [-0.3, -0.25) is 0 Å². The normalized spacial score (nSPS) is 15.6. The van der Waals surface area contributed by atoms with Gasteiger partial charge < -0.3 is 10.0 Å². The summed E-state index contributed by atoms with van der Waals surface area (Å²) in [5.74, 6) is 1.25. The minimum Gasteiger partial charge on any atom is -0.508 e. The molecule has 21 heavy (non-hydrogen) atoms. The molecule has 1 fully saturated rings. The van der Waals surface area contributed by atoms with E-state index in [1.165, 1.54) is 25.9 Å². The maximum Gasteiger partial charge on any atom is 0.214 e. The highest BCUT2D eigenvalue weighted by Gasteiger charge is 2.12. The molecule has 0 bridgehead atoms. The summed E-state index contributed by atoms with van der Waals surface area (Å²) in [6.45, 7) is 3.65. The van der Waals surface area contributed by atoms with E-state index in [4.69, 9.17) is 0 Å². The number of thioether (sulfide) groups is 1. The molecule has 7 heteroatoms. The van der Waals surface area contributed by atoms with E-state index in [1.54, 1.807) is 40.7 Å². The van der Waals surface area contributed by atoms with Crippen molar-refractivity contribution in [3.05, 3.63) is 24.3 Å². The first-order valence-electron chi connectivity index (χ1n) is 7.26. The van der Waals surface area contributed by atoms with E-state index in [0.717, 1.165) is 29.6 Å². The first-order valence-corrected chi connectivity index (χ1v) is 8.24. The first-order chi connectivity index (χ1) is 10.3. The summed E-state index contributed by atoms with van der Waals surface area (Å²) in [5.41, 5.74) is 0.861. The molecule has 1 aromatic carbocycles. The average Bonchev–Trinajstić information content (AvgIpc) is 3.16. The third kappa shape index (κ3) is 3.74. The van der Waals surface area contributed by atoms with Crippen LogP contribution >= 0.6 is 11.8 Å². The number of benzene rings is 1. The second-order valence-electron chi connectivity index (χ2n) is 5.14. The zero-order valence-electron chi connectivity index (χ0n) is 11.9. The molecule has 2 heterocycles. The van der Waals surface area contributed by atoms with Gasteiger partial charge in [-0.05, 0) is 73.6 Å². The Labute approximate surface area is 128 Å². The molecular weight excluding hydrogens is 286 g/mol. The second-order valence-corrected chi connectivity index (χ2v) is 6.20. The SMILES string of the molecule is Oc1ccc(-n2nnnc2SCCCN2CCCC2)cc1. The van der Waals surface area contributed by atoms with Crippen molar-refractivity contribution in [2.45, 2.75) is 24.4 Å². The fourth-order valence-electron chi connectivity index (χ4n) is 2.48. The van der Waals surface area contributed by atoms with Crippen molar-refractivity contribution in [2.75, 3.05) is 25.4 Å². The lowest BCUT2D eigenvalue weighted by atomic mass is 10.3. The predicted octanol–water partition coefficient (Wildman–Crippen LogP) is 1.95. The summed E-state index contributed by atoms with van der Waals surface area (Å²) in [6.07, 6.45) is 3.82. The van der Waals surface area contributed by atoms with Crippen LogP contribution in [-0.4, -0.2) is 55.6 Å². The maximum absolute atomic E-state index is 9.33. The topological polar surface area (TPSA) is 67.1 Å². The van der Waals surface area contributed by atoms with Gasteiger partial charge in [0.25, 0.3) is 0 Å². The Hall–Kier alpha value is -1.60. The van der Waals surface area contributed by atoms with Gasteiger partial charge in [-0.25, -0.2) is 0 Å². The molecule has 0 unspecified atom stereocenters. The summed E-state index contributed by atoms with van der Waals surface area (Å²) in [6, 6.07) is 6.89. The molecule has 1 saturated heterocycles. The molecule has 0 saturated carbocycles. The Morgan fingerprint density at radius 1 is 1.14 bits per heavy atom. The molecule has 0 aliphatic carbocycles. The Balaban J connectivity index is 1.54. The van der Waals surface area contributed by atoms with Crippen molar-refractivity contribution in [2.24, 2.45) is 0 Å². The molecule has 1 aliphatic rings. The van der Waals surface area contributed by atoms with Crippen LogP contribution < -0.4 is 0 Å². The molecule has 6 nitrogen and oxygen atoms in total. The number of aromatic nitrogens is 4. The van der Waals surface area contributed by atoms with Crippen LogP contribution in [0.1, 0.15) is 19.3 Å². The first kappa shape index (κ1) is 14.3. The summed E-state index contributed by atoms with van der Waals surface area (Å²) in [7, 11) is 0. The van der Waals surface area contributed by atoms with E-state index in [-0.39, 0.29) is 5.75 Å². The molecule has 3 rings (SSSR count). The van der Waals surface area contributed by atoms with Crippen molar-refractivity contribution in [1.82, 2.24) is 25.1 Å². The lowest BCUT2D eigenvalue weighted by molar-refractivity contribution is 0.341. The van der Waals surface area contributed by atoms with E-state index in [0.29, 0.717) is 0 Å². The highest BCUT2D eigenvalue weighted by Crippen LogP contribution is 2.20. The molecule has 1 N–H and O–H groups in total. The lowest BCUT2D eigenvalue weighted by Crippen LogP contribution is -2.20. The molecule has 0 amide bonds. The number of rotatable bonds is 6. The molecule has 0 radical (unpaired) electrons. The van der Waals surface area contributed by atoms with Crippen LogP contribution in [0.4, 0.5) is 0 Å². The fraction of sp³-hybridized carbons (Fsp3) is 0.500. The van der Waals surface area contributed by atoms with Crippen molar-refractivity contribution < 1.29 is 5.11 Å². The standard InChI is InChI=1S/C14H19N5OS/c20-13-6-4-12(5-7-13)19-14(15-16-17-19)21-11-3-10-18-8-1-2-9-18/h4-7,20H,1-3,8-11H2. The number of hydrogen-bond acceptors (Lipinski definition) is 6. The molecule has 2 aromatic rings. The Kier molecular flexibility index (Phi) is 4.72. The fourth-order valence-corrected chi connectivity index (χ4v) is 3.30. The van der Waals surface area contributed by atoms with Crippen LogP contribution in [0, 0.1) is 0 Å². The Morgan fingerprint density at radius 3 is 2.67 bits per heavy atom. The number of likely N-dealkylation sites (tertiary alicyclic amines) is 1. The highest BCUT2D eigenvalue weighted by molar-refractivity contribution is 7.99. The van der Waals surface area contributed by atoms with E-state index < -0.39 is 0 Å². The van der Waals surface area contributed by atoms with E-state index in [9.17, 15) is 5.11 Å². The molecule has 112 valence electrons. The van der Waals surface area contributed by atoms with Gasteiger partial charge in [0.15, 0.2) is 0 Å². The summed E-state index contributed by atoms with van der Waals surface area (Å²) >= 11 is 1.67. The van der Waals surface area contributed by atoms with E-state index >= 15 is 0 Å². The zero-order chi connectivity index (χ0) is 14.5. The van der Waals surface area contributed by atoms with Crippen LogP contribution in [0.5, 0.6) is 5.75 Å². The highest BCUT2D eigenvalue weighted by atomic mass is 32.2. The van der Waals surface area contributed by atoms with Crippen LogP contribution in [0.25, 0.3) is 5.69 Å². The van der Waals surface area contributed by atoms with Gasteiger partial charge in [-0.15, -0.1) is 5.10 Å². The van der Waals surface area contributed by atoms with Crippen molar-refractivity contribution in [1.29, 1.82) is 0 Å². The Bertz CT molecular complexity index is 565. The monoisotopic (exact) mass is 305 g/mol. The molecule has 1 aromatic heterocycles. The number of nitrogens with zero attached hydrogens (tertiary/aromatic N) is 5. The third-order valence-corrected chi connectivity index (χ3v) is 4.59. The third-order valence-electron chi connectivity index (χ3n) is 3.58. The zero-order valence-corrected chi connectivity index (χ0v) is 12.7. The largest absolute Gasteiger partial charge is 0.508 e. The predicted molar refractivity (Wildman–Crippen MR) is 81.8 cm³/mol. The van der Waals surface area contributed by atoms with E-state index in [2.05, 4.69) is 20.4 Å². The summed E-state index contributed by atoms with van der Waals surface area (Å²) in [5, 5.41) is 22.0. The quantitative estimate of drug-likeness (QED) is 0.650. The van der Waals surface area contributed by atoms with Crippen LogP contribution in [0.3, 0.4) is 0 Å². The van der Waals surface area contributed by atoms with Gasteiger partial charge in [-0.1, -0.05) is 11.8 Å². The van der Waals surface area contributed by atoms with Gasteiger partial charge in [0.2, 0.25) is 5.16 Å². The van der Waals surface area contributed by atoms with Crippen molar-refractivity contribution >= 4 is 11.8 Å². The smallest absolute Gasteiger partial charge is 0.214 e. The van der Waals surface area contributed by atoms with Gasteiger partial charge in [-0.2, -0.15) is 4.68 Å². The number of aromatic hydroxyl groups is 1. The molecule has 1 aliphatic heterocycles. The van der Waals surface area contributed by atoms with Crippen molar-refractivity contribution in [3.63, 3.8) is 0 Å². The molecule has 0 atom stereocenters. The molecule has 0 spiro atoms. The van der Waals surface area contributed by atoms with Crippen LogP contribution in [0.15, 0.2) is 29.4 Å². The second kappa shape index (κ2) is 6.91. The number of phenols is 1. The van der Waals surface area contributed by atoms with Crippen LogP contribution in [0.2, 0.25) is 0 Å². The van der Waals surface area contributed by atoms with Crippen molar-refractivity contribution in [3.8, 4) is 11.4 Å². The number of tetrazole rings is 1. The molecular formula is C14H19N5OS. The average molecular weight is 305 g/mol. The van der Waals surface area contributed by atoms with Crippen LogP contribution in [-0.2, 0) is 0 Å². The minimum atomic E-state index is 0.242. The maximum atomic E-state index is 9.33. The van der Waals surface area contributed by atoms with Gasteiger partial charge >= 0.3 is 0 Å². The van der Waals surface area contributed by atoms with Gasteiger partial charge in [0, 0.05) is 5.75 Å². The minimum absolute atomic E-state index is 0.242. The summed E-state index contributed by atoms with van der Waals surface area (Å²) < 4.78 is 1.71. The number of phenolic OH excluding ortho intramolecular Hbond substituents is 1.